The van der Waals surface area contributed by atoms with Crippen molar-refractivity contribution < 1.29 is 14.7 Å². The number of fused-ring (bicyclic) bond motifs is 1. The fourth-order valence-corrected chi connectivity index (χ4v) is 2.53. The highest BCUT2D eigenvalue weighted by Gasteiger charge is 2.26. The Morgan fingerprint density at radius 3 is 2.81 bits per heavy atom. The Kier molecular flexibility index (Phi) is 4.83. The lowest BCUT2D eigenvalue weighted by molar-refractivity contribution is -0.137. The molecule has 5 nitrogen and oxygen atoms in total. The molecule has 1 aliphatic rings. The first-order valence-electron chi connectivity index (χ1n) is 6.93. The number of hydrogen-bond donors (Lipinski definition) is 1. The van der Waals surface area contributed by atoms with Gasteiger partial charge in [0.1, 0.15) is 6.54 Å². The molecule has 1 aromatic rings. The van der Waals surface area contributed by atoms with Gasteiger partial charge in [0.15, 0.2) is 0 Å². The van der Waals surface area contributed by atoms with Crippen molar-refractivity contribution >= 4 is 17.7 Å². The molecule has 2 amide bonds. The van der Waals surface area contributed by atoms with Crippen LogP contribution in [0.2, 0.25) is 0 Å². The lowest BCUT2D eigenvalue weighted by Gasteiger charge is -2.28. The van der Waals surface area contributed by atoms with Gasteiger partial charge in [-0.2, -0.15) is 0 Å². The summed E-state index contributed by atoms with van der Waals surface area (Å²) in [4.78, 5) is 26.4. The van der Waals surface area contributed by atoms with Gasteiger partial charge in [0, 0.05) is 12.2 Å². The number of benzene rings is 1. The third-order valence-electron chi connectivity index (χ3n) is 3.47. The van der Waals surface area contributed by atoms with E-state index in [1.165, 1.54) is 4.90 Å². The van der Waals surface area contributed by atoms with Gasteiger partial charge in [-0.1, -0.05) is 24.1 Å². The number of amides is 2. The summed E-state index contributed by atoms with van der Waals surface area (Å²) >= 11 is 0. The van der Waals surface area contributed by atoms with Crippen molar-refractivity contribution in [2.45, 2.75) is 19.3 Å². The summed E-state index contributed by atoms with van der Waals surface area (Å²) in [5, 5.41) is 8.93. The van der Waals surface area contributed by atoms with Crippen molar-refractivity contribution in [3.63, 3.8) is 0 Å². The second kappa shape index (κ2) is 6.80. The van der Waals surface area contributed by atoms with Gasteiger partial charge in [-0.3, -0.25) is 9.69 Å². The first-order valence-corrected chi connectivity index (χ1v) is 6.93. The van der Waals surface area contributed by atoms with Crippen molar-refractivity contribution in [1.82, 2.24) is 4.90 Å². The predicted octanol–water partition coefficient (Wildman–Crippen LogP) is 1.97. The van der Waals surface area contributed by atoms with E-state index in [2.05, 4.69) is 5.92 Å². The maximum Gasteiger partial charge on any atom is 0.325 e. The number of rotatable bonds is 3. The Labute approximate surface area is 124 Å². The van der Waals surface area contributed by atoms with Gasteiger partial charge in [0.05, 0.1) is 6.54 Å². The molecular formula is C16H18N2O3. The van der Waals surface area contributed by atoms with E-state index in [-0.39, 0.29) is 19.1 Å². The summed E-state index contributed by atoms with van der Waals surface area (Å²) < 4.78 is 0. The lowest BCUT2D eigenvalue weighted by atomic mass is 10.1. The summed E-state index contributed by atoms with van der Waals surface area (Å²) in [6, 6.07) is 7.39. The number of para-hydroxylation sites is 1. The third kappa shape index (κ3) is 3.54. The summed E-state index contributed by atoms with van der Waals surface area (Å²) in [5.74, 6) is 1.28. The second-order valence-electron chi connectivity index (χ2n) is 4.97. The highest BCUT2D eigenvalue weighted by molar-refractivity contribution is 5.94. The van der Waals surface area contributed by atoms with Crippen LogP contribution in [0, 0.1) is 12.3 Å². The van der Waals surface area contributed by atoms with Crippen molar-refractivity contribution in [3.05, 3.63) is 29.8 Å². The zero-order valence-electron chi connectivity index (χ0n) is 11.8. The van der Waals surface area contributed by atoms with Crippen molar-refractivity contribution in [3.8, 4) is 12.3 Å². The topological polar surface area (TPSA) is 60.9 Å². The molecule has 0 fully saturated rings. The molecule has 0 aliphatic carbocycles. The van der Waals surface area contributed by atoms with E-state index in [9.17, 15) is 9.59 Å². The van der Waals surface area contributed by atoms with Crippen LogP contribution >= 0.6 is 0 Å². The Bertz CT molecular complexity index is 577. The average molecular weight is 286 g/mol. The number of urea groups is 1. The maximum atomic E-state index is 12.6. The van der Waals surface area contributed by atoms with Crippen LogP contribution in [0.4, 0.5) is 10.5 Å². The smallest absolute Gasteiger partial charge is 0.325 e. The molecule has 0 spiro atoms. The molecule has 0 aromatic heterocycles. The Morgan fingerprint density at radius 2 is 2.10 bits per heavy atom. The fourth-order valence-electron chi connectivity index (χ4n) is 2.53. The van der Waals surface area contributed by atoms with Crippen molar-refractivity contribution in [2.24, 2.45) is 0 Å². The van der Waals surface area contributed by atoms with Crippen molar-refractivity contribution in [1.29, 1.82) is 0 Å². The molecule has 0 unspecified atom stereocenters. The average Bonchev–Trinajstić information content (AvgIpc) is 2.68. The van der Waals surface area contributed by atoms with Crippen LogP contribution in [-0.4, -0.2) is 41.6 Å². The van der Waals surface area contributed by atoms with E-state index in [0.717, 1.165) is 30.5 Å². The zero-order valence-corrected chi connectivity index (χ0v) is 11.8. The van der Waals surface area contributed by atoms with E-state index in [1.807, 2.05) is 24.3 Å². The van der Waals surface area contributed by atoms with Crippen LogP contribution < -0.4 is 4.90 Å². The van der Waals surface area contributed by atoms with E-state index >= 15 is 0 Å². The highest BCUT2D eigenvalue weighted by Crippen LogP contribution is 2.26. The number of hydrogen-bond acceptors (Lipinski definition) is 2. The number of aliphatic carboxylic acids is 1. The molecule has 0 bridgehead atoms. The predicted molar refractivity (Wildman–Crippen MR) is 80.2 cm³/mol. The minimum absolute atomic E-state index is 0.0101. The van der Waals surface area contributed by atoms with Gasteiger partial charge in [-0.25, -0.2) is 4.79 Å². The van der Waals surface area contributed by atoms with E-state index in [4.69, 9.17) is 11.5 Å². The Balaban J connectivity index is 2.28. The van der Waals surface area contributed by atoms with E-state index in [0.29, 0.717) is 6.54 Å². The molecule has 0 saturated heterocycles. The molecule has 0 radical (unpaired) electrons. The summed E-state index contributed by atoms with van der Waals surface area (Å²) in [6.07, 6.45) is 8.06. The Morgan fingerprint density at radius 1 is 1.33 bits per heavy atom. The number of carbonyl (C=O) groups is 2. The molecule has 5 heteroatoms. The SMILES string of the molecule is C#CCN(CC(=O)O)C(=O)N1CCCCc2ccccc21. The number of carboxylic acids is 1. The first-order chi connectivity index (χ1) is 10.1. The quantitative estimate of drug-likeness (QED) is 0.864. The molecular weight excluding hydrogens is 268 g/mol. The molecule has 1 aliphatic heterocycles. The monoisotopic (exact) mass is 286 g/mol. The van der Waals surface area contributed by atoms with Crippen LogP contribution in [-0.2, 0) is 11.2 Å². The van der Waals surface area contributed by atoms with Crippen LogP contribution in [0.15, 0.2) is 24.3 Å². The molecule has 110 valence electrons. The number of aryl methyl sites for hydroxylation is 1. The van der Waals surface area contributed by atoms with E-state index < -0.39 is 5.97 Å². The van der Waals surface area contributed by atoms with Gasteiger partial charge >= 0.3 is 12.0 Å². The van der Waals surface area contributed by atoms with Crippen LogP contribution in [0.25, 0.3) is 0 Å². The molecule has 2 rings (SSSR count). The molecule has 0 atom stereocenters. The van der Waals surface area contributed by atoms with E-state index in [1.54, 1.807) is 4.90 Å². The molecule has 1 aromatic carbocycles. The number of terminal acetylenes is 1. The van der Waals surface area contributed by atoms with Crippen LogP contribution in [0.5, 0.6) is 0 Å². The number of carbonyl (C=O) groups excluding carboxylic acids is 1. The number of nitrogens with zero attached hydrogens (tertiary/aromatic N) is 2. The summed E-state index contributed by atoms with van der Waals surface area (Å²) in [5.41, 5.74) is 1.96. The van der Waals surface area contributed by atoms with Crippen LogP contribution in [0.1, 0.15) is 18.4 Å². The van der Waals surface area contributed by atoms with Gasteiger partial charge in [0.25, 0.3) is 0 Å². The molecule has 21 heavy (non-hydrogen) atoms. The fraction of sp³-hybridized carbons (Fsp3) is 0.375. The molecule has 1 heterocycles. The van der Waals surface area contributed by atoms with Gasteiger partial charge in [0.2, 0.25) is 0 Å². The second-order valence-corrected chi connectivity index (χ2v) is 4.97. The summed E-state index contributed by atoms with van der Waals surface area (Å²) in [7, 11) is 0. The standard InChI is InChI=1S/C16H18N2O3/c1-2-10-17(12-15(19)20)16(21)18-11-6-5-8-13-7-3-4-9-14(13)18/h1,3-4,7,9H,5-6,8,10-12H2,(H,19,20). The highest BCUT2D eigenvalue weighted by atomic mass is 16.4. The van der Waals surface area contributed by atoms with Gasteiger partial charge in [-0.15, -0.1) is 6.42 Å². The Hall–Kier alpha value is -2.48. The third-order valence-corrected chi connectivity index (χ3v) is 3.47. The van der Waals surface area contributed by atoms with Gasteiger partial charge in [-0.05, 0) is 30.9 Å². The number of anilines is 1. The minimum atomic E-state index is -1.07. The minimum Gasteiger partial charge on any atom is -0.480 e. The van der Waals surface area contributed by atoms with Crippen LogP contribution in [0.3, 0.4) is 0 Å². The summed E-state index contributed by atoms with van der Waals surface area (Å²) in [6.45, 7) is 0.183. The van der Waals surface area contributed by atoms with Crippen molar-refractivity contribution in [2.75, 3.05) is 24.5 Å². The maximum absolute atomic E-state index is 12.6. The zero-order chi connectivity index (χ0) is 15.2. The normalized spacial score (nSPS) is 13.8. The largest absolute Gasteiger partial charge is 0.480 e. The van der Waals surface area contributed by atoms with Gasteiger partial charge < -0.3 is 10.0 Å². The molecule has 0 saturated carbocycles. The number of carboxylic acid groups (broad SMARTS) is 1. The first kappa shape index (κ1) is 14.9. The molecule has 1 N–H and O–H groups in total. The lowest BCUT2D eigenvalue weighted by Crippen LogP contribution is -2.46.